The molecular weight excluding hydrogens is 280 g/mol. The van der Waals surface area contributed by atoms with Gasteiger partial charge in [-0.05, 0) is 18.5 Å². The number of benzene rings is 1. The predicted octanol–water partition coefficient (Wildman–Crippen LogP) is 1.31. The van der Waals surface area contributed by atoms with Gasteiger partial charge in [-0.2, -0.15) is 0 Å². The molecule has 0 aromatic heterocycles. The van der Waals surface area contributed by atoms with Crippen LogP contribution in [0.3, 0.4) is 0 Å². The van der Waals surface area contributed by atoms with E-state index in [4.69, 9.17) is 0 Å². The summed E-state index contributed by atoms with van der Waals surface area (Å²) in [6.45, 7) is 5.18. The summed E-state index contributed by atoms with van der Waals surface area (Å²) < 4.78 is 12.1. The van der Waals surface area contributed by atoms with E-state index in [9.17, 15) is 19.4 Å². The Labute approximate surface area is 120 Å². The van der Waals surface area contributed by atoms with Crippen molar-refractivity contribution in [3.8, 4) is 0 Å². The van der Waals surface area contributed by atoms with Crippen LogP contribution in [0.2, 0.25) is 0 Å². The molecule has 7 heteroatoms. The van der Waals surface area contributed by atoms with Crippen LogP contribution in [0.1, 0.15) is 13.8 Å². The molecule has 0 amide bonds. The minimum atomic E-state index is -1.59. The van der Waals surface area contributed by atoms with Gasteiger partial charge in [0.2, 0.25) is 0 Å². The zero-order valence-corrected chi connectivity index (χ0v) is 12.4. The van der Waals surface area contributed by atoms with Crippen LogP contribution >= 0.6 is 0 Å². The highest BCUT2D eigenvalue weighted by molar-refractivity contribution is 7.85. The molecule has 0 saturated carbocycles. The maximum Gasteiger partial charge on any atom is 0.285 e. The summed E-state index contributed by atoms with van der Waals surface area (Å²) in [7, 11) is -1.59. The molecule has 6 nitrogen and oxygen atoms in total. The summed E-state index contributed by atoms with van der Waals surface area (Å²) in [5.74, 6) is 0.443. The number of nitrogens with one attached hydrogen (secondary N) is 1. The second-order valence-corrected chi connectivity index (χ2v) is 6.41. The van der Waals surface area contributed by atoms with E-state index in [0.29, 0.717) is 12.5 Å². The molecule has 0 aliphatic carbocycles. The molecule has 20 heavy (non-hydrogen) atoms. The van der Waals surface area contributed by atoms with Crippen molar-refractivity contribution < 1.29 is 14.2 Å². The van der Waals surface area contributed by atoms with E-state index in [1.54, 1.807) is 6.07 Å². The number of hydrogen-bond donors (Lipinski definition) is 2. The van der Waals surface area contributed by atoms with Crippen LogP contribution in [0.25, 0.3) is 0 Å². The smallest absolute Gasteiger partial charge is 0.285 e. The maximum absolute atomic E-state index is 12.1. The number of hydrogen-bond acceptors (Lipinski definition) is 5. The molecule has 0 aliphatic rings. The van der Waals surface area contributed by atoms with Gasteiger partial charge in [0.25, 0.3) is 5.69 Å². The van der Waals surface area contributed by atoms with Gasteiger partial charge in [0.1, 0.15) is 4.90 Å². The molecule has 1 rings (SSSR count). The highest BCUT2D eigenvalue weighted by Crippen LogP contribution is 2.21. The van der Waals surface area contributed by atoms with Gasteiger partial charge in [-0.25, -0.2) is 0 Å². The number of nitro benzene ring substituents is 1. The highest BCUT2D eigenvalue weighted by Gasteiger charge is 2.20. The Morgan fingerprint density at radius 2 is 2.00 bits per heavy atom. The fourth-order valence-electron chi connectivity index (χ4n) is 1.66. The number of nitro groups is 1. The molecule has 2 unspecified atom stereocenters. The summed E-state index contributed by atoms with van der Waals surface area (Å²) in [5, 5.41) is 23.7. The van der Waals surface area contributed by atoms with Gasteiger partial charge in [-0.3, -0.25) is 14.3 Å². The lowest BCUT2D eigenvalue weighted by atomic mass is 10.2. The molecule has 0 bridgehead atoms. The van der Waals surface area contributed by atoms with Gasteiger partial charge < -0.3 is 10.4 Å². The second kappa shape index (κ2) is 8.08. The zero-order valence-electron chi connectivity index (χ0n) is 11.6. The number of para-hydroxylation sites is 1. The Morgan fingerprint density at radius 1 is 1.35 bits per heavy atom. The minimum absolute atomic E-state index is 0.0179. The highest BCUT2D eigenvalue weighted by atomic mass is 32.2. The molecule has 0 radical (unpaired) electrons. The molecule has 2 atom stereocenters. The summed E-state index contributed by atoms with van der Waals surface area (Å²) in [6.07, 6.45) is -0.797. The van der Waals surface area contributed by atoms with E-state index in [1.165, 1.54) is 18.2 Å². The van der Waals surface area contributed by atoms with E-state index in [2.05, 4.69) is 5.32 Å². The maximum atomic E-state index is 12.1. The minimum Gasteiger partial charge on any atom is -0.391 e. The van der Waals surface area contributed by atoms with Crippen LogP contribution in [0.4, 0.5) is 5.69 Å². The van der Waals surface area contributed by atoms with Crippen molar-refractivity contribution in [3.63, 3.8) is 0 Å². The van der Waals surface area contributed by atoms with E-state index >= 15 is 0 Å². The molecule has 0 heterocycles. The van der Waals surface area contributed by atoms with Crippen LogP contribution in [-0.4, -0.2) is 39.2 Å². The largest absolute Gasteiger partial charge is 0.391 e. The predicted molar refractivity (Wildman–Crippen MR) is 78.1 cm³/mol. The molecule has 112 valence electrons. The van der Waals surface area contributed by atoms with Crippen LogP contribution in [0.15, 0.2) is 29.2 Å². The molecule has 0 saturated heterocycles. The summed E-state index contributed by atoms with van der Waals surface area (Å²) in [5.41, 5.74) is -0.173. The third kappa shape index (κ3) is 5.36. The van der Waals surface area contributed by atoms with E-state index in [0.717, 1.165) is 6.54 Å². The number of aliphatic hydroxyl groups excluding tert-OH is 1. The van der Waals surface area contributed by atoms with Crippen LogP contribution in [-0.2, 0) is 10.8 Å². The van der Waals surface area contributed by atoms with Crippen molar-refractivity contribution in [2.45, 2.75) is 24.8 Å². The van der Waals surface area contributed by atoms with Crippen molar-refractivity contribution in [3.05, 3.63) is 34.4 Å². The first kappa shape index (κ1) is 16.7. The first-order valence-electron chi connectivity index (χ1n) is 6.42. The Hall–Kier alpha value is -1.31. The van der Waals surface area contributed by atoms with Gasteiger partial charge >= 0.3 is 0 Å². The lowest BCUT2D eigenvalue weighted by molar-refractivity contribution is -0.387. The lowest BCUT2D eigenvalue weighted by Gasteiger charge is -2.13. The van der Waals surface area contributed by atoms with Gasteiger partial charge in [0.05, 0.1) is 27.6 Å². The molecule has 1 aromatic carbocycles. The standard InChI is InChI=1S/C13H20N2O4S/c1-10(2)7-14-8-11(16)9-20(19)13-6-4-3-5-12(13)15(17)18/h3-6,10-11,14,16H,7-9H2,1-2H3. The molecule has 1 aromatic rings. The van der Waals surface area contributed by atoms with Crippen LogP contribution < -0.4 is 5.32 Å². The van der Waals surface area contributed by atoms with Gasteiger partial charge in [-0.15, -0.1) is 0 Å². The Balaban J connectivity index is 2.60. The van der Waals surface area contributed by atoms with Crippen molar-refractivity contribution in [1.82, 2.24) is 5.32 Å². The average molecular weight is 300 g/mol. The Bertz CT molecular complexity index is 479. The summed E-state index contributed by atoms with van der Waals surface area (Å²) in [4.78, 5) is 10.4. The number of rotatable bonds is 8. The summed E-state index contributed by atoms with van der Waals surface area (Å²) in [6, 6.07) is 5.90. The van der Waals surface area contributed by atoms with Gasteiger partial charge in [0, 0.05) is 12.6 Å². The fourth-order valence-corrected chi connectivity index (χ4v) is 2.92. The molecule has 0 aliphatic heterocycles. The number of aliphatic hydroxyl groups is 1. The number of nitrogens with zero attached hydrogens (tertiary/aromatic N) is 1. The quantitative estimate of drug-likeness (QED) is 0.558. The van der Waals surface area contributed by atoms with Crippen molar-refractivity contribution in [1.29, 1.82) is 0 Å². The zero-order chi connectivity index (χ0) is 15.1. The second-order valence-electron chi connectivity index (χ2n) is 4.94. The summed E-state index contributed by atoms with van der Waals surface area (Å²) >= 11 is 0. The van der Waals surface area contributed by atoms with E-state index in [-0.39, 0.29) is 16.3 Å². The molecule has 0 spiro atoms. The third-order valence-corrected chi connectivity index (χ3v) is 4.11. The van der Waals surface area contributed by atoms with Crippen LogP contribution in [0.5, 0.6) is 0 Å². The van der Waals surface area contributed by atoms with Gasteiger partial charge in [-0.1, -0.05) is 26.0 Å². The average Bonchev–Trinajstić information content (AvgIpc) is 2.38. The van der Waals surface area contributed by atoms with Crippen molar-refractivity contribution in [2.75, 3.05) is 18.8 Å². The Morgan fingerprint density at radius 3 is 2.60 bits per heavy atom. The topological polar surface area (TPSA) is 92.5 Å². The van der Waals surface area contributed by atoms with Crippen molar-refractivity contribution in [2.24, 2.45) is 5.92 Å². The van der Waals surface area contributed by atoms with E-state index in [1.807, 2.05) is 13.8 Å². The van der Waals surface area contributed by atoms with E-state index < -0.39 is 21.8 Å². The van der Waals surface area contributed by atoms with Gasteiger partial charge in [0.15, 0.2) is 0 Å². The first-order valence-corrected chi connectivity index (χ1v) is 7.74. The van der Waals surface area contributed by atoms with Crippen molar-refractivity contribution >= 4 is 16.5 Å². The molecular formula is C13H20N2O4S. The monoisotopic (exact) mass is 300 g/mol. The Kier molecular flexibility index (Phi) is 6.77. The first-order chi connectivity index (χ1) is 9.41. The van der Waals surface area contributed by atoms with Crippen LogP contribution in [0, 0.1) is 16.0 Å². The SMILES string of the molecule is CC(C)CNCC(O)CS(=O)c1ccccc1[N+](=O)[O-]. The molecule has 2 N–H and O–H groups in total. The normalized spacial score (nSPS) is 14.2. The lowest BCUT2D eigenvalue weighted by Crippen LogP contribution is -2.33. The third-order valence-electron chi connectivity index (χ3n) is 2.58. The fraction of sp³-hybridized carbons (Fsp3) is 0.538. The molecule has 0 fully saturated rings.